The third kappa shape index (κ3) is 9.88. The summed E-state index contributed by atoms with van der Waals surface area (Å²) in [6.45, 7) is 7.53. The predicted octanol–water partition coefficient (Wildman–Crippen LogP) is 1.42. The van der Waals surface area contributed by atoms with Gasteiger partial charge in [0.05, 0.1) is 18.8 Å². The van der Waals surface area contributed by atoms with Crippen molar-refractivity contribution in [3.05, 3.63) is 0 Å². The van der Waals surface area contributed by atoms with Gasteiger partial charge < -0.3 is 14.2 Å². The fourth-order valence-corrected chi connectivity index (χ4v) is 0.420. The molecule has 0 spiro atoms. The number of hydrogen-bond donors (Lipinski definition) is 0. The van der Waals surface area contributed by atoms with E-state index in [1.165, 1.54) is 0 Å². The third-order valence-corrected chi connectivity index (χ3v) is 1.01. The molecule has 0 aliphatic carbocycles. The van der Waals surface area contributed by atoms with Crippen molar-refractivity contribution in [3.8, 4) is 0 Å². The Morgan fingerprint density at radius 3 is 2.18 bits per heavy atom. The molecule has 3 heteroatoms. The maximum atomic E-state index is 5.30. The van der Waals surface area contributed by atoms with Gasteiger partial charge in [0, 0.05) is 7.11 Å². The quantitative estimate of drug-likeness (QED) is 0.452. The molecular formula is C8H18O3. The zero-order chi connectivity index (χ0) is 8.74. The van der Waals surface area contributed by atoms with Gasteiger partial charge in [-0.1, -0.05) is 0 Å². The monoisotopic (exact) mass is 162 g/mol. The Bertz CT molecular complexity index is 85.8. The Labute approximate surface area is 68.6 Å². The van der Waals surface area contributed by atoms with Crippen LogP contribution in [0.2, 0.25) is 0 Å². The minimum Gasteiger partial charge on any atom is -0.382 e. The molecule has 0 saturated carbocycles. The summed E-state index contributed by atoms with van der Waals surface area (Å²) in [5, 5.41) is 0. The van der Waals surface area contributed by atoms with Crippen molar-refractivity contribution < 1.29 is 14.2 Å². The average Bonchev–Trinajstić information content (AvgIpc) is 1.85. The van der Waals surface area contributed by atoms with Crippen molar-refractivity contribution in [3.63, 3.8) is 0 Å². The summed E-state index contributed by atoms with van der Waals surface area (Å²) in [7, 11) is 1.65. The highest BCUT2D eigenvalue weighted by Gasteiger charge is 2.08. The summed E-state index contributed by atoms with van der Waals surface area (Å²) in [4.78, 5) is 0. The minimum atomic E-state index is -0.118. The SMILES string of the molecule is COCCOCOC(C)(C)C. The summed E-state index contributed by atoms with van der Waals surface area (Å²) in [5.41, 5.74) is -0.118. The van der Waals surface area contributed by atoms with Crippen LogP contribution in [0.25, 0.3) is 0 Å². The van der Waals surface area contributed by atoms with Crippen LogP contribution in [0.4, 0.5) is 0 Å². The van der Waals surface area contributed by atoms with Crippen LogP contribution in [0.15, 0.2) is 0 Å². The average molecular weight is 162 g/mol. The van der Waals surface area contributed by atoms with Gasteiger partial charge in [0.1, 0.15) is 6.79 Å². The fourth-order valence-electron chi connectivity index (χ4n) is 0.420. The number of ether oxygens (including phenoxy) is 3. The summed E-state index contributed by atoms with van der Waals surface area (Å²) >= 11 is 0. The molecule has 0 aliphatic rings. The lowest BCUT2D eigenvalue weighted by Crippen LogP contribution is -2.21. The summed E-state index contributed by atoms with van der Waals surface area (Å²) < 4.78 is 15.2. The van der Waals surface area contributed by atoms with E-state index in [9.17, 15) is 0 Å². The highest BCUT2D eigenvalue weighted by Crippen LogP contribution is 2.05. The molecule has 68 valence electrons. The van der Waals surface area contributed by atoms with E-state index < -0.39 is 0 Å². The number of methoxy groups -OCH3 is 1. The van der Waals surface area contributed by atoms with Crippen molar-refractivity contribution >= 4 is 0 Å². The maximum Gasteiger partial charge on any atom is 0.147 e. The first-order valence-electron chi connectivity index (χ1n) is 3.77. The molecule has 0 aromatic rings. The Morgan fingerprint density at radius 2 is 1.73 bits per heavy atom. The predicted molar refractivity (Wildman–Crippen MR) is 43.5 cm³/mol. The van der Waals surface area contributed by atoms with Crippen molar-refractivity contribution in [2.75, 3.05) is 27.1 Å². The van der Waals surface area contributed by atoms with Crippen molar-refractivity contribution in [2.45, 2.75) is 26.4 Å². The molecule has 0 aliphatic heterocycles. The molecule has 3 nitrogen and oxygen atoms in total. The van der Waals surface area contributed by atoms with Gasteiger partial charge in [-0.05, 0) is 20.8 Å². The number of hydrogen-bond acceptors (Lipinski definition) is 3. The first kappa shape index (κ1) is 10.9. The van der Waals surface area contributed by atoms with Gasteiger partial charge in [0.15, 0.2) is 0 Å². The third-order valence-electron chi connectivity index (χ3n) is 1.01. The van der Waals surface area contributed by atoms with Gasteiger partial charge in [-0.3, -0.25) is 0 Å². The van der Waals surface area contributed by atoms with Gasteiger partial charge in [0.2, 0.25) is 0 Å². The van der Waals surface area contributed by atoms with E-state index in [-0.39, 0.29) is 5.60 Å². The highest BCUT2D eigenvalue weighted by atomic mass is 16.7. The van der Waals surface area contributed by atoms with Crippen LogP contribution in [0.5, 0.6) is 0 Å². The zero-order valence-electron chi connectivity index (χ0n) is 7.85. The van der Waals surface area contributed by atoms with E-state index in [1.54, 1.807) is 7.11 Å². The molecule has 0 aromatic carbocycles. The lowest BCUT2D eigenvalue weighted by molar-refractivity contribution is -0.125. The van der Waals surface area contributed by atoms with Crippen LogP contribution >= 0.6 is 0 Å². The van der Waals surface area contributed by atoms with Crippen molar-refractivity contribution in [1.82, 2.24) is 0 Å². The number of rotatable bonds is 5. The van der Waals surface area contributed by atoms with E-state index >= 15 is 0 Å². The highest BCUT2D eigenvalue weighted by molar-refractivity contribution is 4.56. The van der Waals surface area contributed by atoms with E-state index in [4.69, 9.17) is 14.2 Å². The molecule has 0 radical (unpaired) electrons. The first-order chi connectivity index (χ1) is 5.06. The molecule has 0 amide bonds. The minimum absolute atomic E-state index is 0.118. The Hall–Kier alpha value is -0.120. The Morgan fingerprint density at radius 1 is 1.09 bits per heavy atom. The second-order valence-corrected chi connectivity index (χ2v) is 3.28. The van der Waals surface area contributed by atoms with E-state index in [0.29, 0.717) is 20.0 Å². The Kier molecular flexibility index (Phi) is 5.46. The molecule has 0 atom stereocenters. The first-order valence-corrected chi connectivity index (χ1v) is 3.77. The largest absolute Gasteiger partial charge is 0.382 e. The second kappa shape index (κ2) is 5.52. The smallest absolute Gasteiger partial charge is 0.147 e. The maximum absolute atomic E-state index is 5.30. The van der Waals surface area contributed by atoms with Crippen LogP contribution in [-0.4, -0.2) is 32.7 Å². The van der Waals surface area contributed by atoms with Gasteiger partial charge in [-0.25, -0.2) is 0 Å². The molecule has 0 unspecified atom stereocenters. The molecule has 0 rings (SSSR count). The van der Waals surface area contributed by atoms with Crippen LogP contribution in [0.1, 0.15) is 20.8 Å². The van der Waals surface area contributed by atoms with Gasteiger partial charge in [-0.2, -0.15) is 0 Å². The molecule has 0 saturated heterocycles. The fraction of sp³-hybridized carbons (Fsp3) is 1.00. The van der Waals surface area contributed by atoms with Gasteiger partial charge >= 0.3 is 0 Å². The molecule has 0 aromatic heterocycles. The standard InChI is InChI=1S/C8H18O3/c1-8(2,3)11-7-10-6-5-9-4/h5-7H2,1-4H3. The molecule has 0 bridgehead atoms. The summed E-state index contributed by atoms with van der Waals surface area (Å²) in [6, 6.07) is 0. The summed E-state index contributed by atoms with van der Waals surface area (Å²) in [6.07, 6.45) is 0. The van der Waals surface area contributed by atoms with Crippen LogP contribution in [0, 0.1) is 0 Å². The lowest BCUT2D eigenvalue weighted by Gasteiger charge is -2.18. The van der Waals surface area contributed by atoms with Gasteiger partial charge in [0.25, 0.3) is 0 Å². The Balaban J connectivity index is 3.02. The molecule has 0 heterocycles. The van der Waals surface area contributed by atoms with E-state index in [0.717, 1.165) is 0 Å². The van der Waals surface area contributed by atoms with Crippen LogP contribution in [-0.2, 0) is 14.2 Å². The summed E-state index contributed by atoms with van der Waals surface area (Å²) in [5.74, 6) is 0. The normalized spacial score (nSPS) is 12.0. The topological polar surface area (TPSA) is 27.7 Å². The lowest BCUT2D eigenvalue weighted by atomic mass is 10.2. The van der Waals surface area contributed by atoms with Crippen LogP contribution in [0.3, 0.4) is 0 Å². The molecule has 11 heavy (non-hydrogen) atoms. The molecular weight excluding hydrogens is 144 g/mol. The van der Waals surface area contributed by atoms with E-state index in [2.05, 4.69) is 0 Å². The van der Waals surface area contributed by atoms with Crippen LogP contribution < -0.4 is 0 Å². The van der Waals surface area contributed by atoms with Gasteiger partial charge in [-0.15, -0.1) is 0 Å². The van der Waals surface area contributed by atoms with Crippen molar-refractivity contribution in [2.24, 2.45) is 0 Å². The molecule has 0 N–H and O–H groups in total. The van der Waals surface area contributed by atoms with Crippen molar-refractivity contribution in [1.29, 1.82) is 0 Å². The zero-order valence-corrected chi connectivity index (χ0v) is 7.85. The molecule has 0 fully saturated rings. The van der Waals surface area contributed by atoms with E-state index in [1.807, 2.05) is 20.8 Å². The second-order valence-electron chi connectivity index (χ2n) is 3.28.